The molecule has 0 saturated heterocycles. The predicted octanol–water partition coefficient (Wildman–Crippen LogP) is 5.15. The van der Waals surface area contributed by atoms with Crippen molar-refractivity contribution in [1.82, 2.24) is 5.32 Å². The summed E-state index contributed by atoms with van der Waals surface area (Å²) < 4.78 is 0. The van der Waals surface area contributed by atoms with E-state index in [1.807, 2.05) is 0 Å². The highest BCUT2D eigenvalue weighted by molar-refractivity contribution is 4.88. The third kappa shape index (κ3) is 4.48. The molecule has 1 N–H and O–H groups in total. The van der Waals surface area contributed by atoms with Crippen LogP contribution in [-0.2, 0) is 0 Å². The summed E-state index contributed by atoms with van der Waals surface area (Å²) in [5.41, 5.74) is 1.11. The summed E-state index contributed by atoms with van der Waals surface area (Å²) in [5.74, 6) is 0.941. The lowest BCUT2D eigenvalue weighted by Crippen LogP contribution is -2.44. The van der Waals surface area contributed by atoms with E-state index >= 15 is 0 Å². The Kier molecular flexibility index (Phi) is 4.65. The summed E-state index contributed by atoms with van der Waals surface area (Å²) >= 11 is 0. The van der Waals surface area contributed by atoms with Gasteiger partial charge in [-0.05, 0) is 68.1 Å². The molecular formula is C18H35N. The van der Waals surface area contributed by atoms with Gasteiger partial charge in [0, 0.05) is 12.1 Å². The van der Waals surface area contributed by atoms with Crippen molar-refractivity contribution in [3.63, 3.8) is 0 Å². The molecule has 0 aromatic carbocycles. The van der Waals surface area contributed by atoms with E-state index in [1.54, 1.807) is 0 Å². The van der Waals surface area contributed by atoms with Crippen LogP contribution in [0.2, 0.25) is 0 Å². The van der Waals surface area contributed by atoms with Gasteiger partial charge in [0.05, 0.1) is 0 Å². The largest absolute Gasteiger partial charge is 0.311 e. The van der Waals surface area contributed by atoms with Gasteiger partial charge in [0.1, 0.15) is 0 Å². The minimum Gasteiger partial charge on any atom is -0.311 e. The van der Waals surface area contributed by atoms with Crippen LogP contribution in [0.1, 0.15) is 86.0 Å². The number of nitrogens with one attached hydrogen (secondary N) is 1. The monoisotopic (exact) mass is 265 g/mol. The molecule has 0 unspecified atom stereocenters. The van der Waals surface area contributed by atoms with Gasteiger partial charge in [0.25, 0.3) is 0 Å². The normalized spacial score (nSPS) is 33.3. The van der Waals surface area contributed by atoms with E-state index in [9.17, 15) is 0 Å². The molecule has 2 saturated carbocycles. The van der Waals surface area contributed by atoms with E-state index in [4.69, 9.17) is 0 Å². The molecule has 0 aliphatic heterocycles. The van der Waals surface area contributed by atoms with Crippen LogP contribution in [0.4, 0.5) is 0 Å². The van der Waals surface area contributed by atoms with E-state index < -0.39 is 0 Å². The summed E-state index contributed by atoms with van der Waals surface area (Å²) in [6.45, 7) is 12.1. The summed E-state index contributed by atoms with van der Waals surface area (Å²) in [5, 5.41) is 3.97. The molecule has 1 heteroatoms. The molecule has 1 nitrogen and oxygen atoms in total. The highest BCUT2D eigenvalue weighted by Gasteiger charge is 2.32. The minimum atomic E-state index is 0.514. The zero-order valence-electron chi connectivity index (χ0n) is 13.9. The van der Waals surface area contributed by atoms with Crippen molar-refractivity contribution in [2.45, 2.75) is 98.1 Å². The second-order valence-electron chi connectivity index (χ2n) is 9.02. The van der Waals surface area contributed by atoms with Crippen LogP contribution < -0.4 is 5.32 Å². The minimum absolute atomic E-state index is 0.514. The third-order valence-corrected chi connectivity index (χ3v) is 5.76. The van der Waals surface area contributed by atoms with Crippen molar-refractivity contribution in [3.8, 4) is 0 Å². The summed E-state index contributed by atoms with van der Waals surface area (Å²) in [4.78, 5) is 0. The Hall–Kier alpha value is -0.0400. The maximum atomic E-state index is 3.97. The van der Waals surface area contributed by atoms with E-state index in [1.165, 1.54) is 51.4 Å². The Labute approximate surface area is 120 Å². The molecule has 0 spiro atoms. The fourth-order valence-corrected chi connectivity index (χ4v) is 4.03. The topological polar surface area (TPSA) is 12.0 Å². The SMILES string of the molecule is CC1(C)CCC(NC2CCC(C(C)(C)C)CC2)CC1. The Morgan fingerprint density at radius 3 is 1.74 bits per heavy atom. The molecule has 112 valence electrons. The van der Waals surface area contributed by atoms with Gasteiger partial charge in [-0.2, -0.15) is 0 Å². The Morgan fingerprint density at radius 2 is 1.26 bits per heavy atom. The van der Waals surface area contributed by atoms with Crippen molar-refractivity contribution in [3.05, 3.63) is 0 Å². The molecule has 0 atom stereocenters. The molecule has 2 aliphatic carbocycles. The molecule has 2 rings (SSSR count). The predicted molar refractivity (Wildman–Crippen MR) is 84.4 cm³/mol. The van der Waals surface area contributed by atoms with Crippen molar-refractivity contribution in [2.24, 2.45) is 16.7 Å². The molecule has 0 amide bonds. The Morgan fingerprint density at radius 1 is 0.789 bits per heavy atom. The van der Waals surface area contributed by atoms with E-state index in [2.05, 4.69) is 39.9 Å². The Bertz CT molecular complexity index is 269. The van der Waals surface area contributed by atoms with Crippen molar-refractivity contribution in [2.75, 3.05) is 0 Å². The average Bonchev–Trinajstić information content (AvgIpc) is 2.31. The van der Waals surface area contributed by atoms with Crippen LogP contribution in [0, 0.1) is 16.7 Å². The Balaban J connectivity index is 1.72. The van der Waals surface area contributed by atoms with Crippen molar-refractivity contribution >= 4 is 0 Å². The van der Waals surface area contributed by atoms with Crippen LogP contribution in [0.25, 0.3) is 0 Å². The lowest BCUT2D eigenvalue weighted by atomic mass is 9.71. The van der Waals surface area contributed by atoms with Gasteiger partial charge in [0.15, 0.2) is 0 Å². The van der Waals surface area contributed by atoms with E-state index in [0.717, 1.165) is 18.0 Å². The molecule has 2 aliphatic rings. The van der Waals surface area contributed by atoms with Gasteiger partial charge < -0.3 is 5.32 Å². The maximum absolute atomic E-state index is 3.97. The van der Waals surface area contributed by atoms with Gasteiger partial charge in [-0.25, -0.2) is 0 Å². The first-order valence-electron chi connectivity index (χ1n) is 8.52. The van der Waals surface area contributed by atoms with Crippen molar-refractivity contribution < 1.29 is 0 Å². The fraction of sp³-hybridized carbons (Fsp3) is 1.00. The fourth-order valence-electron chi connectivity index (χ4n) is 4.03. The number of hydrogen-bond donors (Lipinski definition) is 1. The van der Waals surface area contributed by atoms with E-state index in [0.29, 0.717) is 10.8 Å². The zero-order valence-corrected chi connectivity index (χ0v) is 13.9. The van der Waals surface area contributed by atoms with Gasteiger partial charge in [-0.15, -0.1) is 0 Å². The van der Waals surface area contributed by atoms with Crippen LogP contribution in [0.15, 0.2) is 0 Å². The van der Waals surface area contributed by atoms with Gasteiger partial charge in [-0.1, -0.05) is 34.6 Å². The van der Waals surface area contributed by atoms with Crippen LogP contribution in [0.5, 0.6) is 0 Å². The highest BCUT2D eigenvalue weighted by Crippen LogP contribution is 2.39. The second-order valence-corrected chi connectivity index (χ2v) is 9.02. The first kappa shape index (κ1) is 15.4. The molecule has 19 heavy (non-hydrogen) atoms. The first-order chi connectivity index (χ1) is 8.76. The average molecular weight is 265 g/mol. The quantitative estimate of drug-likeness (QED) is 0.728. The van der Waals surface area contributed by atoms with Crippen LogP contribution in [0.3, 0.4) is 0 Å². The maximum Gasteiger partial charge on any atom is 0.00700 e. The molecular weight excluding hydrogens is 230 g/mol. The van der Waals surface area contributed by atoms with Crippen LogP contribution >= 0.6 is 0 Å². The summed E-state index contributed by atoms with van der Waals surface area (Å²) in [6, 6.07) is 1.62. The van der Waals surface area contributed by atoms with E-state index in [-0.39, 0.29) is 0 Å². The third-order valence-electron chi connectivity index (χ3n) is 5.76. The van der Waals surface area contributed by atoms with Crippen LogP contribution in [-0.4, -0.2) is 12.1 Å². The summed E-state index contributed by atoms with van der Waals surface area (Å²) in [6.07, 6.45) is 11.3. The molecule has 0 heterocycles. The molecule has 0 bridgehead atoms. The lowest BCUT2D eigenvalue weighted by Gasteiger charge is -2.40. The van der Waals surface area contributed by atoms with Gasteiger partial charge in [-0.3, -0.25) is 0 Å². The standard InChI is InChI=1S/C18H35N/c1-17(2,3)14-6-8-15(9-7-14)19-16-10-12-18(4,5)13-11-16/h14-16,19H,6-13H2,1-5H3. The second kappa shape index (κ2) is 5.76. The van der Waals surface area contributed by atoms with Gasteiger partial charge in [0.2, 0.25) is 0 Å². The highest BCUT2D eigenvalue weighted by atomic mass is 15.0. The number of rotatable bonds is 2. The zero-order chi connectivity index (χ0) is 14.1. The number of hydrogen-bond acceptors (Lipinski definition) is 1. The molecule has 0 radical (unpaired) electrons. The van der Waals surface area contributed by atoms with Gasteiger partial charge >= 0.3 is 0 Å². The first-order valence-corrected chi connectivity index (χ1v) is 8.52. The molecule has 0 aromatic heterocycles. The lowest BCUT2D eigenvalue weighted by molar-refractivity contribution is 0.142. The summed E-state index contributed by atoms with van der Waals surface area (Å²) in [7, 11) is 0. The van der Waals surface area contributed by atoms with Crippen molar-refractivity contribution in [1.29, 1.82) is 0 Å². The molecule has 2 fully saturated rings. The smallest absolute Gasteiger partial charge is 0.00700 e. The molecule has 0 aromatic rings.